The molecule has 5 amide bonds. The van der Waals surface area contributed by atoms with Crippen LogP contribution in [0.2, 0.25) is 0 Å². The smallest absolute Gasteiger partial charge is 0.270 e. The molecule has 9 rings (SSSR count). The van der Waals surface area contributed by atoms with Crippen molar-refractivity contribution in [1.29, 1.82) is 0 Å². The zero-order valence-corrected chi connectivity index (χ0v) is 32.3. The highest BCUT2D eigenvalue weighted by atomic mass is 16.2. The Morgan fingerprint density at radius 1 is 0.897 bits per heavy atom. The average Bonchev–Trinajstić information content (AvgIpc) is 3.91. The zero-order chi connectivity index (χ0) is 40.2. The quantitative estimate of drug-likeness (QED) is 0.215. The summed E-state index contributed by atoms with van der Waals surface area (Å²) < 4.78 is 4.06. The number of aromatic nitrogens is 6. The summed E-state index contributed by atoms with van der Waals surface area (Å²) in [6.07, 6.45) is 6.58. The van der Waals surface area contributed by atoms with E-state index in [0.29, 0.717) is 35.9 Å². The molecular formula is C43H40N10O5. The fourth-order valence-electron chi connectivity index (χ4n) is 8.29. The van der Waals surface area contributed by atoms with E-state index in [1.807, 2.05) is 59.2 Å². The number of pyridine rings is 2. The lowest BCUT2D eigenvalue weighted by atomic mass is 10.0. The second kappa shape index (κ2) is 14.5. The van der Waals surface area contributed by atoms with E-state index in [1.54, 1.807) is 31.3 Å². The maximum absolute atomic E-state index is 13.3. The molecular weight excluding hydrogens is 737 g/mol. The van der Waals surface area contributed by atoms with Crippen LogP contribution >= 0.6 is 0 Å². The van der Waals surface area contributed by atoms with Crippen molar-refractivity contribution >= 4 is 40.3 Å². The first kappa shape index (κ1) is 36.6. The fourth-order valence-corrected chi connectivity index (χ4v) is 8.29. The number of carbonyl (C=O) groups is 5. The van der Waals surface area contributed by atoms with E-state index in [-0.39, 0.29) is 55.3 Å². The molecule has 2 aromatic carbocycles. The number of nitrogens with one attached hydrogen (secondary N) is 2. The Kier molecular flexibility index (Phi) is 9.14. The van der Waals surface area contributed by atoms with Gasteiger partial charge in [-0.15, -0.1) is 0 Å². The monoisotopic (exact) mass is 776 g/mol. The number of carbonyl (C=O) groups excluding carboxylic acids is 5. The number of piperidine rings is 1. The lowest BCUT2D eigenvalue weighted by Gasteiger charge is -2.29. The van der Waals surface area contributed by atoms with E-state index in [2.05, 4.69) is 33.2 Å². The number of rotatable bonds is 8. The van der Waals surface area contributed by atoms with E-state index < -0.39 is 11.9 Å². The number of hydrogen-bond donors (Lipinski definition) is 2. The number of benzene rings is 2. The van der Waals surface area contributed by atoms with Crippen LogP contribution in [0.25, 0.3) is 44.5 Å². The van der Waals surface area contributed by atoms with Crippen molar-refractivity contribution in [2.24, 2.45) is 7.05 Å². The number of hydrogen-bond acceptors (Lipinski definition) is 9. The molecule has 3 aliphatic rings. The largest absolute Gasteiger partial charge is 0.343 e. The van der Waals surface area contributed by atoms with Crippen LogP contribution in [0.3, 0.4) is 0 Å². The van der Waals surface area contributed by atoms with Crippen molar-refractivity contribution in [3.8, 4) is 33.8 Å². The molecule has 0 aliphatic carbocycles. The van der Waals surface area contributed by atoms with Crippen LogP contribution < -0.4 is 10.6 Å². The summed E-state index contributed by atoms with van der Waals surface area (Å²) in [5.41, 5.74) is 7.25. The predicted molar refractivity (Wildman–Crippen MR) is 213 cm³/mol. The van der Waals surface area contributed by atoms with E-state index >= 15 is 0 Å². The highest BCUT2D eigenvalue weighted by Crippen LogP contribution is 2.36. The lowest BCUT2D eigenvalue weighted by molar-refractivity contribution is -0.137. The highest BCUT2D eigenvalue weighted by molar-refractivity contribution is 6.06. The van der Waals surface area contributed by atoms with Crippen molar-refractivity contribution in [3.05, 3.63) is 107 Å². The number of imide groups is 1. The Bertz CT molecular complexity index is 2700. The number of imidazole rings is 2. The van der Waals surface area contributed by atoms with E-state index in [9.17, 15) is 24.0 Å². The summed E-state index contributed by atoms with van der Waals surface area (Å²) in [6, 6.07) is 16.3. The first-order chi connectivity index (χ1) is 28.1. The van der Waals surface area contributed by atoms with Gasteiger partial charge in [-0.05, 0) is 41.6 Å². The molecule has 0 spiro atoms. The number of aryl methyl sites for hydroxylation is 2. The molecule has 0 radical (unpaired) electrons. The Labute approximate surface area is 333 Å². The van der Waals surface area contributed by atoms with Crippen LogP contribution in [0.5, 0.6) is 0 Å². The van der Waals surface area contributed by atoms with Crippen molar-refractivity contribution < 1.29 is 24.0 Å². The molecule has 6 aromatic rings. The Morgan fingerprint density at radius 2 is 1.71 bits per heavy atom. The lowest BCUT2D eigenvalue weighted by Crippen LogP contribution is -2.52. The summed E-state index contributed by atoms with van der Waals surface area (Å²) in [5, 5.41) is 7.19. The van der Waals surface area contributed by atoms with E-state index in [4.69, 9.17) is 15.0 Å². The van der Waals surface area contributed by atoms with Crippen molar-refractivity contribution in [1.82, 2.24) is 49.5 Å². The third-order valence-corrected chi connectivity index (χ3v) is 11.4. The first-order valence-corrected chi connectivity index (χ1v) is 19.3. The van der Waals surface area contributed by atoms with Crippen LogP contribution in [0.1, 0.15) is 70.4 Å². The molecule has 1 saturated heterocycles. The number of fused-ring (bicyclic) bond motifs is 3. The molecule has 3 aliphatic heterocycles. The van der Waals surface area contributed by atoms with Gasteiger partial charge in [0.25, 0.3) is 11.8 Å². The van der Waals surface area contributed by atoms with Gasteiger partial charge in [0.15, 0.2) is 0 Å². The first-order valence-electron chi connectivity index (χ1n) is 19.3. The minimum atomic E-state index is -0.712. The van der Waals surface area contributed by atoms with Crippen LogP contribution in [0, 0.1) is 0 Å². The van der Waals surface area contributed by atoms with Crippen LogP contribution in [-0.2, 0) is 54.0 Å². The van der Waals surface area contributed by atoms with Gasteiger partial charge in [0.1, 0.15) is 23.4 Å². The third kappa shape index (κ3) is 6.37. The topological polar surface area (TPSA) is 177 Å². The summed E-state index contributed by atoms with van der Waals surface area (Å²) in [7, 11) is 1.84. The summed E-state index contributed by atoms with van der Waals surface area (Å²) in [6.45, 7) is 5.97. The van der Waals surface area contributed by atoms with Crippen molar-refractivity contribution in [2.45, 2.75) is 65.3 Å². The van der Waals surface area contributed by atoms with E-state index in [0.717, 1.165) is 63.2 Å². The van der Waals surface area contributed by atoms with Crippen molar-refractivity contribution in [3.63, 3.8) is 0 Å². The summed E-state index contributed by atoms with van der Waals surface area (Å²) >= 11 is 0. The normalized spacial score (nSPS) is 16.4. The summed E-state index contributed by atoms with van der Waals surface area (Å²) in [5.74, 6) is 0.245. The number of amides is 5. The molecule has 4 aromatic heterocycles. The maximum atomic E-state index is 13.3. The van der Waals surface area contributed by atoms with Crippen LogP contribution in [0.15, 0.2) is 73.2 Å². The van der Waals surface area contributed by atoms with Gasteiger partial charge in [-0.2, -0.15) is 0 Å². The van der Waals surface area contributed by atoms with Gasteiger partial charge >= 0.3 is 0 Å². The van der Waals surface area contributed by atoms with Gasteiger partial charge in [0.05, 0.1) is 35.9 Å². The van der Waals surface area contributed by atoms with Gasteiger partial charge < -0.3 is 24.3 Å². The predicted octanol–water partition coefficient (Wildman–Crippen LogP) is 4.18. The highest BCUT2D eigenvalue weighted by Gasteiger charge is 2.40. The second-order valence-electron chi connectivity index (χ2n) is 14.9. The van der Waals surface area contributed by atoms with Gasteiger partial charge in [-0.1, -0.05) is 37.3 Å². The molecule has 2 N–H and O–H groups in total. The molecule has 0 bridgehead atoms. The Hall–Kier alpha value is -7.03. The van der Waals surface area contributed by atoms with Crippen LogP contribution in [0.4, 0.5) is 0 Å². The van der Waals surface area contributed by atoms with Crippen molar-refractivity contribution in [2.75, 3.05) is 6.54 Å². The Balaban J connectivity index is 0.890. The fraction of sp³-hybridized carbons (Fsp3) is 0.279. The minimum Gasteiger partial charge on any atom is -0.343 e. The zero-order valence-electron chi connectivity index (χ0n) is 32.3. The SMILES string of the molecule is CCc1nc(-c2cccc3cc(-c4ccc(C(=O)NCc5nc(-c6cccc7c6CN(C6CCC(=O)NC6=O)C7=O)cn5C)nc4)ncc23)c2n1CCN(C(C)=O)C2. The number of nitrogens with zero attached hydrogens (tertiary/aromatic N) is 8. The van der Waals surface area contributed by atoms with Gasteiger partial charge in [-0.25, -0.2) is 9.97 Å². The molecule has 1 atom stereocenters. The molecule has 58 heavy (non-hydrogen) atoms. The molecule has 0 saturated carbocycles. The molecule has 1 fully saturated rings. The maximum Gasteiger partial charge on any atom is 0.270 e. The third-order valence-electron chi connectivity index (χ3n) is 11.4. The van der Waals surface area contributed by atoms with Gasteiger partial charge in [0.2, 0.25) is 17.7 Å². The van der Waals surface area contributed by atoms with Crippen LogP contribution in [-0.4, -0.2) is 81.0 Å². The summed E-state index contributed by atoms with van der Waals surface area (Å²) in [4.78, 5) is 85.6. The van der Waals surface area contributed by atoms with Gasteiger partial charge in [0, 0.05) is 92.7 Å². The average molecular weight is 777 g/mol. The van der Waals surface area contributed by atoms with E-state index in [1.165, 1.54) is 4.90 Å². The Morgan fingerprint density at radius 3 is 2.48 bits per heavy atom. The molecule has 1 unspecified atom stereocenters. The molecule has 15 nitrogen and oxygen atoms in total. The molecule has 292 valence electrons. The standard InChI is InChI=1S/C43H40N10O5/c1-4-37-48-40(36-23-51(24(2)54)15-16-52(36)37)28-9-5-7-25-17-33(45-19-30(25)28)26-11-12-32(44-18-26)41(56)46-20-38-47-34(22-50(38)3)27-8-6-10-29-31(27)21-53(43(29)58)35-13-14-39(55)49-42(35)57/h5-12,17-19,22,35H,4,13-16,20-21,23H2,1-3H3,(H,46,56)(H,49,55,57). The minimum absolute atomic E-state index is 0.0513. The molecule has 7 heterocycles. The van der Waals surface area contributed by atoms with Gasteiger partial charge in [-0.3, -0.25) is 39.3 Å². The second-order valence-corrected chi connectivity index (χ2v) is 14.9. The molecule has 15 heteroatoms.